The minimum absolute atomic E-state index is 0.0791. The summed E-state index contributed by atoms with van der Waals surface area (Å²) in [5, 5.41) is 3.12. The Balaban J connectivity index is 1.41. The van der Waals surface area contributed by atoms with Crippen LogP contribution in [0.15, 0.2) is 36.8 Å². The zero-order valence-corrected chi connectivity index (χ0v) is 19.5. The van der Waals surface area contributed by atoms with Gasteiger partial charge in [0.05, 0.1) is 28.7 Å². The van der Waals surface area contributed by atoms with Crippen molar-refractivity contribution < 1.29 is 31.8 Å². The number of fused-ring (bicyclic) bond motifs is 3. The normalized spacial score (nSPS) is 20.8. The van der Waals surface area contributed by atoms with E-state index in [2.05, 4.69) is 20.3 Å². The summed E-state index contributed by atoms with van der Waals surface area (Å²) in [6.07, 6.45) is -4.12. The van der Waals surface area contributed by atoms with E-state index in [1.165, 1.54) is 31.6 Å². The maximum Gasteiger partial charge on any atom is 0.416 e. The first-order valence-electron chi connectivity index (χ1n) is 11.2. The quantitative estimate of drug-likeness (QED) is 0.487. The van der Waals surface area contributed by atoms with Crippen molar-refractivity contribution in [3.05, 3.63) is 53.7 Å². The number of cyclic esters (lactones) is 1. The fourth-order valence-corrected chi connectivity index (χ4v) is 4.38. The van der Waals surface area contributed by atoms with Gasteiger partial charge in [-0.25, -0.2) is 19.2 Å². The molecule has 0 radical (unpaired) electrons. The largest absolute Gasteiger partial charge is 0.482 e. The standard InChI is InChI=1S/C23H22F4N6O3/c1-11(24)16-9-35-22(34)33(16)18-6-7-28-21(31-18)30-12(2)19-20-13(3)36-17-8-14(23(25,26)27)4-5-15(17)32(20)10-29-19/h4-8,10-13,16H,9H2,1-3H3,(H,28,30,31)/t11-,12-,13?,16+/m0/s1. The first kappa shape index (κ1) is 23.8. The van der Waals surface area contributed by atoms with E-state index >= 15 is 0 Å². The van der Waals surface area contributed by atoms with Crippen LogP contribution in [0.2, 0.25) is 0 Å². The lowest BCUT2D eigenvalue weighted by Gasteiger charge is -2.28. The van der Waals surface area contributed by atoms with E-state index in [9.17, 15) is 22.4 Å². The smallest absolute Gasteiger partial charge is 0.416 e. The molecule has 0 spiro atoms. The van der Waals surface area contributed by atoms with Gasteiger partial charge in [-0.3, -0.25) is 9.47 Å². The predicted molar refractivity (Wildman–Crippen MR) is 120 cm³/mol. The molecule has 5 rings (SSSR count). The molecule has 0 saturated carbocycles. The third-order valence-electron chi connectivity index (χ3n) is 6.15. The fourth-order valence-electron chi connectivity index (χ4n) is 4.38. The van der Waals surface area contributed by atoms with Crippen LogP contribution >= 0.6 is 0 Å². The highest BCUT2D eigenvalue weighted by Gasteiger charge is 2.39. The summed E-state index contributed by atoms with van der Waals surface area (Å²) >= 11 is 0. The second kappa shape index (κ2) is 8.64. The van der Waals surface area contributed by atoms with Crippen LogP contribution in [0.1, 0.15) is 49.9 Å². The molecule has 4 heterocycles. The number of aromatic nitrogens is 4. The van der Waals surface area contributed by atoms with E-state index in [0.717, 1.165) is 17.0 Å². The van der Waals surface area contributed by atoms with Gasteiger partial charge < -0.3 is 14.8 Å². The second-order valence-corrected chi connectivity index (χ2v) is 8.62. The number of hydrogen-bond donors (Lipinski definition) is 1. The monoisotopic (exact) mass is 506 g/mol. The number of benzene rings is 1. The molecule has 36 heavy (non-hydrogen) atoms. The maximum atomic E-state index is 14.0. The molecule has 1 unspecified atom stereocenters. The van der Waals surface area contributed by atoms with Crippen molar-refractivity contribution in [3.8, 4) is 11.4 Å². The molecule has 0 bridgehead atoms. The molecule has 2 aliphatic heterocycles. The third kappa shape index (κ3) is 4.07. The average Bonchev–Trinajstić information content (AvgIpc) is 3.43. The number of rotatable bonds is 5. The van der Waals surface area contributed by atoms with Gasteiger partial charge in [0.15, 0.2) is 0 Å². The Morgan fingerprint density at radius 2 is 1.97 bits per heavy atom. The lowest BCUT2D eigenvalue weighted by atomic mass is 10.1. The van der Waals surface area contributed by atoms with E-state index in [0.29, 0.717) is 17.1 Å². The van der Waals surface area contributed by atoms with Crippen molar-refractivity contribution in [3.63, 3.8) is 0 Å². The predicted octanol–water partition coefficient (Wildman–Crippen LogP) is 4.99. The zero-order valence-electron chi connectivity index (χ0n) is 19.5. The maximum absolute atomic E-state index is 14.0. The number of halogens is 4. The fraction of sp³-hybridized carbons (Fsp3) is 0.391. The molecule has 1 fully saturated rings. The zero-order chi connectivity index (χ0) is 25.8. The first-order chi connectivity index (χ1) is 17.0. The van der Waals surface area contributed by atoms with Gasteiger partial charge in [0.1, 0.15) is 42.8 Å². The Kier molecular flexibility index (Phi) is 5.72. The molecule has 2 aromatic heterocycles. The van der Waals surface area contributed by atoms with Gasteiger partial charge in [-0.15, -0.1) is 0 Å². The molecule has 1 aromatic carbocycles. The number of carbonyl (C=O) groups excluding carboxylic acids is 1. The Morgan fingerprint density at radius 1 is 1.19 bits per heavy atom. The number of imidazole rings is 1. The van der Waals surface area contributed by atoms with Gasteiger partial charge in [0.25, 0.3) is 0 Å². The number of ether oxygens (including phenoxy) is 2. The topological polar surface area (TPSA) is 94.4 Å². The van der Waals surface area contributed by atoms with E-state index < -0.39 is 42.2 Å². The summed E-state index contributed by atoms with van der Waals surface area (Å²) in [7, 11) is 0. The van der Waals surface area contributed by atoms with Crippen LogP contribution in [0.5, 0.6) is 5.75 Å². The van der Waals surface area contributed by atoms with E-state index in [1.54, 1.807) is 11.5 Å². The van der Waals surface area contributed by atoms with E-state index in [-0.39, 0.29) is 24.1 Å². The highest BCUT2D eigenvalue weighted by atomic mass is 19.4. The SMILES string of the molecule is CC1Oc2cc(C(F)(F)F)ccc2-n2cnc([C@H](C)Nc3nccc(N4C(=O)OC[C@@H]4[C@H](C)F)n3)c21. The van der Waals surface area contributed by atoms with Crippen molar-refractivity contribution in [1.82, 2.24) is 19.5 Å². The molecule has 1 saturated heterocycles. The number of anilines is 2. The van der Waals surface area contributed by atoms with Gasteiger partial charge in [-0.05, 0) is 45.0 Å². The molecule has 0 aliphatic carbocycles. The highest BCUT2D eigenvalue weighted by molar-refractivity contribution is 5.89. The molecule has 1 amide bonds. The molecule has 190 valence electrons. The van der Waals surface area contributed by atoms with Crippen LogP contribution in [0.4, 0.5) is 34.1 Å². The van der Waals surface area contributed by atoms with Gasteiger partial charge in [0.2, 0.25) is 5.95 Å². The highest BCUT2D eigenvalue weighted by Crippen LogP contribution is 2.41. The lowest BCUT2D eigenvalue weighted by molar-refractivity contribution is -0.137. The summed E-state index contributed by atoms with van der Waals surface area (Å²) in [6.45, 7) is 4.80. The number of amides is 1. The average molecular weight is 506 g/mol. The molecule has 3 aromatic rings. The summed E-state index contributed by atoms with van der Waals surface area (Å²) in [6, 6.07) is 3.56. The Morgan fingerprint density at radius 3 is 2.69 bits per heavy atom. The third-order valence-corrected chi connectivity index (χ3v) is 6.15. The summed E-state index contributed by atoms with van der Waals surface area (Å²) in [5.74, 6) is 0.473. The van der Waals surface area contributed by atoms with Crippen LogP contribution in [-0.2, 0) is 10.9 Å². The number of alkyl halides is 4. The van der Waals surface area contributed by atoms with Crippen LogP contribution in [-0.4, -0.2) is 44.4 Å². The van der Waals surface area contributed by atoms with Crippen molar-refractivity contribution in [1.29, 1.82) is 0 Å². The van der Waals surface area contributed by atoms with Crippen LogP contribution < -0.4 is 15.0 Å². The van der Waals surface area contributed by atoms with Crippen molar-refractivity contribution >= 4 is 17.9 Å². The number of nitrogens with one attached hydrogen (secondary N) is 1. The van der Waals surface area contributed by atoms with Crippen molar-refractivity contribution in [2.45, 2.75) is 51.3 Å². The van der Waals surface area contributed by atoms with Gasteiger partial charge in [-0.1, -0.05) is 0 Å². The van der Waals surface area contributed by atoms with Crippen LogP contribution in [0.3, 0.4) is 0 Å². The van der Waals surface area contributed by atoms with Gasteiger partial charge in [0, 0.05) is 6.20 Å². The Bertz CT molecular complexity index is 1310. The molecular weight excluding hydrogens is 484 g/mol. The van der Waals surface area contributed by atoms with Crippen LogP contribution in [0, 0.1) is 0 Å². The number of hydrogen-bond acceptors (Lipinski definition) is 7. The molecule has 1 N–H and O–H groups in total. The van der Waals surface area contributed by atoms with Crippen molar-refractivity contribution in [2.24, 2.45) is 0 Å². The molecule has 13 heteroatoms. The van der Waals surface area contributed by atoms with Gasteiger partial charge >= 0.3 is 12.3 Å². The summed E-state index contributed by atoms with van der Waals surface area (Å²) in [4.78, 5) is 26.3. The van der Waals surface area contributed by atoms with Gasteiger partial charge in [-0.2, -0.15) is 18.2 Å². The Hall–Kier alpha value is -3.90. The first-order valence-corrected chi connectivity index (χ1v) is 11.2. The molecule has 4 atom stereocenters. The molecule has 9 nitrogen and oxygen atoms in total. The number of carbonyl (C=O) groups is 1. The minimum atomic E-state index is -4.48. The van der Waals surface area contributed by atoms with E-state index in [4.69, 9.17) is 9.47 Å². The lowest BCUT2D eigenvalue weighted by Crippen LogP contribution is -2.39. The molecular formula is C23H22F4N6O3. The Labute approximate surface area is 203 Å². The minimum Gasteiger partial charge on any atom is -0.482 e. The van der Waals surface area contributed by atoms with E-state index in [1.807, 2.05) is 6.92 Å². The second-order valence-electron chi connectivity index (χ2n) is 8.62. The summed E-state index contributed by atoms with van der Waals surface area (Å²) < 4.78 is 65.9. The number of nitrogens with zero attached hydrogens (tertiary/aromatic N) is 5. The van der Waals surface area contributed by atoms with Crippen LogP contribution in [0.25, 0.3) is 5.69 Å². The van der Waals surface area contributed by atoms with Crippen molar-refractivity contribution in [2.75, 3.05) is 16.8 Å². The summed E-state index contributed by atoms with van der Waals surface area (Å²) in [5.41, 5.74) is 0.889. The molecule has 2 aliphatic rings.